The summed E-state index contributed by atoms with van der Waals surface area (Å²) in [7, 11) is 1.60. The van der Waals surface area contributed by atoms with Crippen LogP contribution in [0.25, 0.3) is 0 Å². The zero-order valence-corrected chi connectivity index (χ0v) is 8.60. The Balaban J connectivity index is 2.11. The monoisotopic (exact) mass is 207 g/mol. The van der Waals surface area contributed by atoms with Gasteiger partial charge in [-0.05, 0) is 24.3 Å². The van der Waals surface area contributed by atoms with E-state index in [9.17, 15) is 4.79 Å². The number of amides is 1. The quantitative estimate of drug-likeness (QED) is 0.729. The third-order valence-electron chi connectivity index (χ3n) is 2.38. The molecule has 1 amide bonds. The van der Waals surface area contributed by atoms with E-state index in [-0.39, 0.29) is 5.91 Å². The number of hydrogen-bond donors (Lipinski definition) is 0. The first-order valence-electron chi connectivity index (χ1n) is 4.82. The number of rotatable bonds is 2. The molecule has 1 saturated heterocycles. The highest BCUT2D eigenvalue weighted by Gasteiger charge is 2.19. The molecule has 80 valence electrons. The first-order chi connectivity index (χ1) is 7.31. The molecular formula is C11H13NO3. The van der Waals surface area contributed by atoms with Gasteiger partial charge in [0.2, 0.25) is 0 Å². The molecule has 0 unspecified atom stereocenters. The van der Waals surface area contributed by atoms with Gasteiger partial charge >= 0.3 is 0 Å². The van der Waals surface area contributed by atoms with Crippen LogP contribution >= 0.6 is 0 Å². The van der Waals surface area contributed by atoms with Gasteiger partial charge in [-0.2, -0.15) is 0 Å². The Bertz CT molecular complexity index is 341. The summed E-state index contributed by atoms with van der Waals surface area (Å²) in [6, 6.07) is 7.09. The summed E-state index contributed by atoms with van der Waals surface area (Å²) in [5.74, 6) is 0.763. The minimum absolute atomic E-state index is 0.00940. The summed E-state index contributed by atoms with van der Waals surface area (Å²) in [5, 5.41) is 0. The van der Waals surface area contributed by atoms with Gasteiger partial charge in [0.05, 0.1) is 13.7 Å². The molecule has 0 N–H and O–H groups in total. The van der Waals surface area contributed by atoms with Crippen molar-refractivity contribution in [1.29, 1.82) is 0 Å². The molecule has 15 heavy (non-hydrogen) atoms. The highest BCUT2D eigenvalue weighted by Crippen LogP contribution is 2.14. The third kappa shape index (κ3) is 2.10. The molecule has 1 aromatic carbocycles. The molecule has 0 spiro atoms. The highest BCUT2D eigenvalue weighted by molar-refractivity contribution is 5.94. The van der Waals surface area contributed by atoms with E-state index < -0.39 is 0 Å². The summed E-state index contributed by atoms with van der Waals surface area (Å²) < 4.78 is 10.1. The fraction of sp³-hybridized carbons (Fsp3) is 0.364. The number of ether oxygens (including phenoxy) is 2. The van der Waals surface area contributed by atoms with E-state index in [4.69, 9.17) is 9.47 Å². The lowest BCUT2D eigenvalue weighted by atomic mass is 10.2. The molecule has 0 atom stereocenters. The van der Waals surface area contributed by atoms with Crippen molar-refractivity contribution in [1.82, 2.24) is 4.90 Å². The zero-order chi connectivity index (χ0) is 10.7. The number of carbonyl (C=O) groups is 1. The molecule has 1 fully saturated rings. The molecule has 2 rings (SSSR count). The lowest BCUT2D eigenvalue weighted by Gasteiger charge is -2.13. The lowest BCUT2D eigenvalue weighted by Crippen LogP contribution is -2.28. The lowest BCUT2D eigenvalue weighted by molar-refractivity contribution is 0.0695. The first-order valence-corrected chi connectivity index (χ1v) is 4.82. The molecule has 0 radical (unpaired) electrons. The van der Waals surface area contributed by atoms with Crippen molar-refractivity contribution in [3.63, 3.8) is 0 Å². The second-order valence-corrected chi connectivity index (χ2v) is 3.33. The number of carbonyl (C=O) groups excluding carboxylic acids is 1. The fourth-order valence-electron chi connectivity index (χ4n) is 1.49. The van der Waals surface area contributed by atoms with Gasteiger partial charge in [0.1, 0.15) is 12.5 Å². The van der Waals surface area contributed by atoms with Crippen molar-refractivity contribution >= 4 is 5.91 Å². The Morgan fingerprint density at radius 3 is 2.67 bits per heavy atom. The maximum absolute atomic E-state index is 11.9. The van der Waals surface area contributed by atoms with Crippen LogP contribution in [0.3, 0.4) is 0 Å². The van der Waals surface area contributed by atoms with E-state index in [2.05, 4.69) is 0 Å². The van der Waals surface area contributed by atoms with E-state index in [1.165, 1.54) is 0 Å². The normalized spacial score (nSPS) is 15.4. The molecule has 4 nitrogen and oxygen atoms in total. The summed E-state index contributed by atoms with van der Waals surface area (Å²) in [4.78, 5) is 13.5. The standard InChI is InChI=1S/C11H13NO3/c1-14-10-4-2-9(3-5-10)11(13)12-6-7-15-8-12/h2-5H,6-8H2,1H3. The summed E-state index contributed by atoms with van der Waals surface area (Å²) in [6.45, 7) is 1.69. The van der Waals surface area contributed by atoms with Gasteiger partial charge in [0.25, 0.3) is 5.91 Å². The van der Waals surface area contributed by atoms with Crippen LogP contribution in [0, 0.1) is 0 Å². The zero-order valence-electron chi connectivity index (χ0n) is 8.60. The molecule has 0 saturated carbocycles. The van der Waals surface area contributed by atoms with Gasteiger partial charge < -0.3 is 14.4 Å². The van der Waals surface area contributed by atoms with Crippen LogP contribution < -0.4 is 4.74 Å². The van der Waals surface area contributed by atoms with Crippen LogP contribution in [-0.2, 0) is 4.74 Å². The van der Waals surface area contributed by atoms with Gasteiger partial charge in [-0.1, -0.05) is 0 Å². The first kappa shape index (κ1) is 9.98. The molecule has 1 aromatic rings. The average Bonchev–Trinajstić information content (AvgIpc) is 2.82. The minimum atomic E-state index is 0.00940. The average molecular weight is 207 g/mol. The van der Waals surface area contributed by atoms with Crippen molar-refractivity contribution in [2.24, 2.45) is 0 Å². The highest BCUT2D eigenvalue weighted by atomic mass is 16.5. The number of nitrogens with zero attached hydrogens (tertiary/aromatic N) is 1. The molecule has 0 bridgehead atoms. The van der Waals surface area contributed by atoms with Crippen molar-refractivity contribution in [3.05, 3.63) is 29.8 Å². The Hall–Kier alpha value is -1.55. The number of methoxy groups -OCH3 is 1. The smallest absolute Gasteiger partial charge is 0.255 e. The summed E-state index contributed by atoms with van der Waals surface area (Å²) >= 11 is 0. The maximum atomic E-state index is 11.9. The summed E-state index contributed by atoms with van der Waals surface area (Å²) in [5.41, 5.74) is 0.668. The van der Waals surface area contributed by atoms with Gasteiger partial charge in [0.15, 0.2) is 0 Å². The van der Waals surface area contributed by atoms with E-state index in [1.807, 2.05) is 0 Å². The van der Waals surface area contributed by atoms with Crippen LogP contribution in [-0.4, -0.2) is 37.8 Å². The van der Waals surface area contributed by atoms with Crippen LogP contribution in [0.15, 0.2) is 24.3 Å². The van der Waals surface area contributed by atoms with E-state index in [0.29, 0.717) is 25.4 Å². The largest absolute Gasteiger partial charge is 0.497 e. The fourth-order valence-corrected chi connectivity index (χ4v) is 1.49. The Labute approximate surface area is 88.4 Å². The van der Waals surface area contributed by atoms with Crippen molar-refractivity contribution in [2.45, 2.75) is 0 Å². The van der Waals surface area contributed by atoms with Crippen molar-refractivity contribution in [3.8, 4) is 5.75 Å². The molecule has 0 aromatic heterocycles. The molecule has 1 aliphatic rings. The topological polar surface area (TPSA) is 38.8 Å². The maximum Gasteiger partial charge on any atom is 0.255 e. The number of hydrogen-bond acceptors (Lipinski definition) is 3. The third-order valence-corrected chi connectivity index (χ3v) is 2.38. The Kier molecular flexibility index (Phi) is 2.87. The van der Waals surface area contributed by atoms with E-state index in [1.54, 1.807) is 36.3 Å². The second kappa shape index (κ2) is 4.31. The molecule has 0 aliphatic carbocycles. The van der Waals surface area contributed by atoms with E-state index >= 15 is 0 Å². The van der Waals surface area contributed by atoms with Gasteiger partial charge in [-0.15, -0.1) is 0 Å². The van der Waals surface area contributed by atoms with Crippen molar-refractivity contribution in [2.75, 3.05) is 27.0 Å². The van der Waals surface area contributed by atoms with Crippen LogP contribution in [0.4, 0.5) is 0 Å². The van der Waals surface area contributed by atoms with Crippen LogP contribution in [0.1, 0.15) is 10.4 Å². The van der Waals surface area contributed by atoms with Gasteiger partial charge in [-0.3, -0.25) is 4.79 Å². The van der Waals surface area contributed by atoms with Gasteiger partial charge in [-0.25, -0.2) is 0 Å². The predicted molar refractivity (Wildman–Crippen MR) is 54.8 cm³/mol. The molecule has 1 aliphatic heterocycles. The Morgan fingerprint density at radius 2 is 2.13 bits per heavy atom. The van der Waals surface area contributed by atoms with Crippen LogP contribution in [0.5, 0.6) is 5.75 Å². The Morgan fingerprint density at radius 1 is 1.40 bits per heavy atom. The predicted octanol–water partition coefficient (Wildman–Crippen LogP) is 1.13. The van der Waals surface area contributed by atoms with E-state index in [0.717, 1.165) is 5.75 Å². The molecule has 4 heteroatoms. The van der Waals surface area contributed by atoms with Crippen molar-refractivity contribution < 1.29 is 14.3 Å². The van der Waals surface area contributed by atoms with Gasteiger partial charge in [0, 0.05) is 12.1 Å². The molecule has 1 heterocycles. The second-order valence-electron chi connectivity index (χ2n) is 3.33. The van der Waals surface area contributed by atoms with Crippen LogP contribution in [0.2, 0.25) is 0 Å². The molecular weight excluding hydrogens is 194 g/mol. The summed E-state index contributed by atoms with van der Waals surface area (Å²) in [6.07, 6.45) is 0. The SMILES string of the molecule is COc1ccc(C(=O)N2CCOC2)cc1. The minimum Gasteiger partial charge on any atom is -0.497 e. The number of benzene rings is 1.